The summed E-state index contributed by atoms with van der Waals surface area (Å²) < 4.78 is 13.9. The summed E-state index contributed by atoms with van der Waals surface area (Å²) in [6, 6.07) is 6.20. The third-order valence-corrected chi connectivity index (χ3v) is 2.90. The van der Waals surface area contributed by atoms with Crippen molar-refractivity contribution >= 4 is 11.9 Å². The molecule has 0 fully saturated rings. The third kappa shape index (κ3) is 2.59. The monoisotopic (exact) mass is 263 g/mol. The normalized spacial score (nSPS) is 23.0. The summed E-state index contributed by atoms with van der Waals surface area (Å²) in [7, 11) is 0. The zero-order valence-electron chi connectivity index (χ0n) is 11.5. The number of carbonyl (C=O) groups excluding carboxylic acids is 1. The summed E-state index contributed by atoms with van der Waals surface area (Å²) in [6.07, 6.45) is 0. The second-order valence-electron chi connectivity index (χ2n) is 5.84. The van der Waals surface area contributed by atoms with Crippen molar-refractivity contribution in [3.63, 3.8) is 0 Å². The molecule has 102 valence electrons. The van der Waals surface area contributed by atoms with Gasteiger partial charge >= 0.3 is 0 Å². The van der Waals surface area contributed by atoms with Crippen molar-refractivity contribution in [2.45, 2.75) is 38.8 Å². The van der Waals surface area contributed by atoms with Crippen LogP contribution in [0.25, 0.3) is 0 Å². The van der Waals surface area contributed by atoms with Gasteiger partial charge in [0.2, 0.25) is 0 Å². The average molecular weight is 263 g/mol. The van der Waals surface area contributed by atoms with Gasteiger partial charge in [-0.15, -0.1) is 0 Å². The summed E-state index contributed by atoms with van der Waals surface area (Å²) in [5.41, 5.74) is -1.18. The third-order valence-electron chi connectivity index (χ3n) is 2.90. The number of nitrogens with zero attached hydrogens (tertiary/aromatic N) is 1. The maximum atomic E-state index is 13.9. The molecule has 1 aromatic carbocycles. The minimum atomic E-state index is -1.22. The topological polar surface area (TPSA) is 53.5 Å². The Morgan fingerprint density at radius 3 is 2.53 bits per heavy atom. The van der Waals surface area contributed by atoms with Crippen LogP contribution in [-0.2, 0) is 10.3 Å². The molecule has 4 nitrogen and oxygen atoms in total. The van der Waals surface area contributed by atoms with E-state index in [4.69, 9.17) is 0 Å². The van der Waals surface area contributed by atoms with Gasteiger partial charge < -0.3 is 5.32 Å². The van der Waals surface area contributed by atoms with E-state index < -0.39 is 11.4 Å². The van der Waals surface area contributed by atoms with E-state index in [-0.39, 0.29) is 17.0 Å². The van der Waals surface area contributed by atoms with Gasteiger partial charge in [0.1, 0.15) is 5.82 Å². The van der Waals surface area contributed by atoms with Crippen molar-refractivity contribution in [3.8, 4) is 0 Å². The second kappa shape index (κ2) is 4.33. The maximum absolute atomic E-state index is 13.9. The molecule has 1 atom stereocenters. The van der Waals surface area contributed by atoms with E-state index in [1.165, 1.54) is 6.07 Å². The van der Waals surface area contributed by atoms with Crippen LogP contribution >= 0.6 is 0 Å². The fraction of sp³-hybridized carbons (Fsp3) is 0.429. The molecule has 0 aliphatic carbocycles. The van der Waals surface area contributed by atoms with Crippen LogP contribution in [0.3, 0.4) is 0 Å². The molecule has 0 bridgehead atoms. The summed E-state index contributed by atoms with van der Waals surface area (Å²) in [5.74, 6) is -0.381. The van der Waals surface area contributed by atoms with Crippen molar-refractivity contribution in [3.05, 3.63) is 35.6 Å². The van der Waals surface area contributed by atoms with Gasteiger partial charge in [0.15, 0.2) is 11.5 Å². The number of hydrogen-bond acceptors (Lipinski definition) is 3. The molecule has 5 heteroatoms. The van der Waals surface area contributed by atoms with E-state index in [1.807, 2.05) is 20.8 Å². The van der Waals surface area contributed by atoms with Gasteiger partial charge in [0.25, 0.3) is 5.91 Å². The first-order valence-corrected chi connectivity index (χ1v) is 6.17. The average Bonchev–Trinajstić information content (AvgIpc) is 2.52. The molecule has 1 aromatic rings. The highest BCUT2D eigenvalue weighted by Gasteiger charge is 2.43. The quantitative estimate of drug-likeness (QED) is 0.813. The Morgan fingerprint density at radius 2 is 1.95 bits per heavy atom. The van der Waals surface area contributed by atoms with Crippen molar-refractivity contribution in [1.82, 2.24) is 10.6 Å². The minimum absolute atomic E-state index is 0.230. The van der Waals surface area contributed by atoms with E-state index in [2.05, 4.69) is 15.6 Å². The van der Waals surface area contributed by atoms with Gasteiger partial charge in [0, 0.05) is 11.1 Å². The predicted octanol–water partition coefficient (Wildman–Crippen LogP) is 1.91. The Hall–Kier alpha value is -1.91. The maximum Gasteiger partial charge on any atom is 0.259 e. The Balaban J connectivity index is 2.39. The van der Waals surface area contributed by atoms with Crippen LogP contribution in [-0.4, -0.2) is 17.4 Å². The number of hydrogen-bond donors (Lipinski definition) is 2. The number of benzene rings is 1. The number of aliphatic imine (C=N–C) groups is 1. The highest BCUT2D eigenvalue weighted by molar-refractivity contribution is 6.07. The van der Waals surface area contributed by atoms with E-state index in [9.17, 15) is 9.18 Å². The SMILES string of the molecule is CC(C)(C)NC1=NC(C)(c2ccccc2F)C(=O)N1. The molecule has 0 saturated heterocycles. The predicted molar refractivity (Wildman–Crippen MR) is 72.2 cm³/mol. The molecule has 0 spiro atoms. The summed E-state index contributed by atoms with van der Waals surface area (Å²) in [6.45, 7) is 7.49. The molecule has 0 radical (unpaired) electrons. The fourth-order valence-corrected chi connectivity index (χ4v) is 1.98. The number of guanidine groups is 1. The van der Waals surface area contributed by atoms with E-state index >= 15 is 0 Å². The first-order valence-electron chi connectivity index (χ1n) is 6.17. The van der Waals surface area contributed by atoms with Gasteiger partial charge in [-0.3, -0.25) is 10.1 Å². The lowest BCUT2D eigenvalue weighted by Gasteiger charge is -2.21. The highest BCUT2D eigenvalue weighted by atomic mass is 19.1. The number of amides is 1. The lowest BCUT2D eigenvalue weighted by molar-refractivity contribution is -0.123. The zero-order chi connectivity index (χ0) is 14.3. The molecular weight excluding hydrogens is 245 g/mol. The molecule has 1 aliphatic heterocycles. The van der Waals surface area contributed by atoms with Crippen LogP contribution in [0.4, 0.5) is 4.39 Å². The van der Waals surface area contributed by atoms with Crippen LogP contribution in [0.5, 0.6) is 0 Å². The zero-order valence-corrected chi connectivity index (χ0v) is 11.5. The molecule has 0 aromatic heterocycles. The lowest BCUT2D eigenvalue weighted by Crippen LogP contribution is -2.47. The molecule has 1 unspecified atom stereocenters. The van der Waals surface area contributed by atoms with E-state index in [0.717, 1.165) is 0 Å². The van der Waals surface area contributed by atoms with Crippen molar-refractivity contribution < 1.29 is 9.18 Å². The van der Waals surface area contributed by atoms with E-state index in [1.54, 1.807) is 25.1 Å². The Labute approximate surface area is 112 Å². The van der Waals surface area contributed by atoms with Gasteiger partial charge in [-0.2, -0.15) is 0 Å². The Morgan fingerprint density at radius 1 is 1.32 bits per heavy atom. The largest absolute Gasteiger partial charge is 0.351 e. The molecule has 2 rings (SSSR count). The van der Waals surface area contributed by atoms with Gasteiger partial charge in [-0.25, -0.2) is 9.38 Å². The van der Waals surface area contributed by atoms with E-state index in [0.29, 0.717) is 5.96 Å². The van der Waals surface area contributed by atoms with Crippen molar-refractivity contribution in [1.29, 1.82) is 0 Å². The molecular formula is C14H18FN3O. The van der Waals surface area contributed by atoms with Gasteiger partial charge in [-0.05, 0) is 33.8 Å². The summed E-state index contributed by atoms with van der Waals surface area (Å²) >= 11 is 0. The van der Waals surface area contributed by atoms with Gasteiger partial charge in [0.05, 0.1) is 0 Å². The van der Waals surface area contributed by atoms with Crippen molar-refractivity contribution in [2.24, 2.45) is 4.99 Å². The van der Waals surface area contributed by atoms with Crippen molar-refractivity contribution in [2.75, 3.05) is 0 Å². The molecule has 1 amide bonds. The lowest BCUT2D eigenvalue weighted by atomic mass is 9.92. The molecule has 1 heterocycles. The highest BCUT2D eigenvalue weighted by Crippen LogP contribution is 2.30. The molecule has 1 aliphatic rings. The second-order valence-corrected chi connectivity index (χ2v) is 5.84. The molecule has 2 N–H and O–H groups in total. The van der Waals surface area contributed by atoms with Crippen LogP contribution in [0, 0.1) is 5.82 Å². The first-order chi connectivity index (χ1) is 8.72. The smallest absolute Gasteiger partial charge is 0.259 e. The number of halogens is 1. The molecule has 19 heavy (non-hydrogen) atoms. The minimum Gasteiger partial charge on any atom is -0.351 e. The summed E-state index contributed by atoms with van der Waals surface area (Å²) in [4.78, 5) is 16.4. The van der Waals surface area contributed by atoms with Crippen LogP contribution in [0.15, 0.2) is 29.3 Å². The fourth-order valence-electron chi connectivity index (χ4n) is 1.98. The number of carbonyl (C=O) groups is 1. The standard InChI is InChI=1S/C14H18FN3O/c1-13(2,3)17-12-16-11(19)14(4,18-12)9-7-5-6-8-10(9)15/h5-8H,1-4H3,(H2,16,17,18,19). The number of rotatable bonds is 1. The Kier molecular flexibility index (Phi) is 3.08. The van der Waals surface area contributed by atoms with Crippen LogP contribution < -0.4 is 10.6 Å². The Bertz CT molecular complexity index is 548. The molecule has 0 saturated carbocycles. The van der Waals surface area contributed by atoms with Gasteiger partial charge in [-0.1, -0.05) is 18.2 Å². The van der Waals surface area contributed by atoms with Crippen LogP contribution in [0.1, 0.15) is 33.3 Å². The first kappa shape index (κ1) is 13.5. The summed E-state index contributed by atoms with van der Waals surface area (Å²) in [5, 5.41) is 5.75. The number of nitrogens with one attached hydrogen (secondary N) is 2. The van der Waals surface area contributed by atoms with Crippen LogP contribution in [0.2, 0.25) is 0 Å².